The van der Waals surface area contributed by atoms with Crippen LogP contribution in [-0.2, 0) is 16.8 Å². The molecule has 6 nitrogen and oxygen atoms in total. The normalized spacial score (nSPS) is 13.7. The molecular formula is C19H24N4O2. The third-order valence-electron chi connectivity index (χ3n) is 4.34. The van der Waals surface area contributed by atoms with Crippen LogP contribution < -0.4 is 10.2 Å². The first-order valence-corrected chi connectivity index (χ1v) is 8.51. The largest absolute Gasteiger partial charge is 0.342 e. The van der Waals surface area contributed by atoms with Gasteiger partial charge in [0.1, 0.15) is 5.69 Å². The van der Waals surface area contributed by atoms with Crippen LogP contribution in [0.3, 0.4) is 0 Å². The highest BCUT2D eigenvalue weighted by atomic mass is 16.2. The number of hydrogen-bond donors (Lipinski definition) is 1. The molecular weight excluding hydrogens is 316 g/mol. The van der Waals surface area contributed by atoms with E-state index in [1.54, 1.807) is 11.0 Å². The average molecular weight is 340 g/mol. The number of carbonyl (C=O) groups excluding carboxylic acids is 2. The SMILES string of the molecule is Cc1cc(C(=O)NCC(=O)N2CCc3ccccc32)nn1C(C)(C)C. The Morgan fingerprint density at radius 1 is 1.24 bits per heavy atom. The maximum Gasteiger partial charge on any atom is 0.272 e. The van der Waals surface area contributed by atoms with Gasteiger partial charge in [-0.1, -0.05) is 18.2 Å². The van der Waals surface area contributed by atoms with E-state index in [1.807, 2.05) is 56.6 Å². The van der Waals surface area contributed by atoms with E-state index in [1.165, 1.54) is 5.56 Å². The van der Waals surface area contributed by atoms with Crippen molar-refractivity contribution >= 4 is 17.5 Å². The summed E-state index contributed by atoms with van der Waals surface area (Å²) in [5, 5.41) is 7.06. The second-order valence-electron chi connectivity index (χ2n) is 7.36. The molecule has 2 heterocycles. The first kappa shape index (κ1) is 17.2. The molecule has 2 aromatic rings. The number of benzene rings is 1. The summed E-state index contributed by atoms with van der Waals surface area (Å²) < 4.78 is 1.82. The van der Waals surface area contributed by atoms with Gasteiger partial charge in [-0.05, 0) is 51.8 Å². The number of para-hydroxylation sites is 1. The summed E-state index contributed by atoms with van der Waals surface area (Å²) in [6.07, 6.45) is 0.852. The molecule has 0 aliphatic carbocycles. The van der Waals surface area contributed by atoms with E-state index >= 15 is 0 Å². The van der Waals surface area contributed by atoms with Gasteiger partial charge >= 0.3 is 0 Å². The number of aryl methyl sites for hydroxylation is 1. The number of hydrogen-bond acceptors (Lipinski definition) is 3. The lowest BCUT2D eigenvalue weighted by atomic mass is 10.1. The van der Waals surface area contributed by atoms with Crippen molar-refractivity contribution in [3.8, 4) is 0 Å². The molecule has 0 radical (unpaired) electrons. The number of aromatic nitrogens is 2. The van der Waals surface area contributed by atoms with E-state index in [0.29, 0.717) is 12.2 Å². The summed E-state index contributed by atoms with van der Waals surface area (Å²) in [5.41, 5.74) is 3.16. The van der Waals surface area contributed by atoms with Crippen LogP contribution in [0.5, 0.6) is 0 Å². The molecule has 2 amide bonds. The second kappa shape index (κ2) is 6.35. The maximum atomic E-state index is 12.5. The Balaban J connectivity index is 1.64. The second-order valence-corrected chi connectivity index (χ2v) is 7.36. The van der Waals surface area contributed by atoms with Crippen molar-refractivity contribution in [1.82, 2.24) is 15.1 Å². The summed E-state index contributed by atoms with van der Waals surface area (Å²) in [4.78, 5) is 26.5. The van der Waals surface area contributed by atoms with Crippen molar-refractivity contribution in [1.29, 1.82) is 0 Å². The summed E-state index contributed by atoms with van der Waals surface area (Å²) in [5.74, 6) is -0.433. The Labute approximate surface area is 147 Å². The zero-order valence-corrected chi connectivity index (χ0v) is 15.2. The molecule has 0 unspecified atom stereocenters. The molecule has 0 spiro atoms. The highest BCUT2D eigenvalue weighted by Gasteiger charge is 2.25. The molecule has 0 atom stereocenters. The van der Waals surface area contributed by atoms with Gasteiger partial charge in [-0.2, -0.15) is 5.10 Å². The van der Waals surface area contributed by atoms with Crippen molar-refractivity contribution in [2.75, 3.05) is 18.0 Å². The smallest absolute Gasteiger partial charge is 0.272 e. The average Bonchev–Trinajstić information content (AvgIpc) is 3.15. The van der Waals surface area contributed by atoms with Gasteiger partial charge in [-0.25, -0.2) is 0 Å². The summed E-state index contributed by atoms with van der Waals surface area (Å²) in [6.45, 7) is 8.64. The molecule has 25 heavy (non-hydrogen) atoms. The molecule has 0 saturated carbocycles. The zero-order valence-electron chi connectivity index (χ0n) is 15.2. The number of carbonyl (C=O) groups is 2. The fraction of sp³-hybridized carbons (Fsp3) is 0.421. The Morgan fingerprint density at radius 3 is 2.64 bits per heavy atom. The number of nitrogens with one attached hydrogen (secondary N) is 1. The summed E-state index contributed by atoms with van der Waals surface area (Å²) >= 11 is 0. The van der Waals surface area contributed by atoms with Crippen LogP contribution in [0.25, 0.3) is 0 Å². The van der Waals surface area contributed by atoms with Crippen molar-refractivity contribution in [2.45, 2.75) is 39.7 Å². The summed E-state index contributed by atoms with van der Waals surface area (Å²) in [6, 6.07) is 9.61. The monoisotopic (exact) mass is 340 g/mol. The Bertz CT molecular complexity index is 817. The van der Waals surface area contributed by atoms with Crippen LogP contribution in [0, 0.1) is 6.92 Å². The van der Waals surface area contributed by atoms with Crippen LogP contribution in [0.1, 0.15) is 42.5 Å². The van der Waals surface area contributed by atoms with Crippen LogP contribution >= 0.6 is 0 Å². The molecule has 0 bridgehead atoms. The Kier molecular flexibility index (Phi) is 4.37. The first-order chi connectivity index (χ1) is 11.8. The van der Waals surface area contributed by atoms with Crippen molar-refractivity contribution < 1.29 is 9.59 Å². The minimum atomic E-state index is -0.327. The lowest BCUT2D eigenvalue weighted by molar-refractivity contribution is -0.117. The molecule has 132 valence electrons. The van der Waals surface area contributed by atoms with Gasteiger partial charge in [0.25, 0.3) is 5.91 Å². The fourth-order valence-electron chi connectivity index (χ4n) is 3.20. The molecule has 1 aliphatic rings. The topological polar surface area (TPSA) is 67.2 Å². The van der Waals surface area contributed by atoms with Gasteiger partial charge < -0.3 is 10.2 Å². The third kappa shape index (κ3) is 3.43. The van der Waals surface area contributed by atoms with Gasteiger partial charge in [-0.15, -0.1) is 0 Å². The Morgan fingerprint density at radius 2 is 1.96 bits per heavy atom. The van der Waals surface area contributed by atoms with Gasteiger partial charge in [0.2, 0.25) is 5.91 Å². The molecule has 1 N–H and O–H groups in total. The standard InChI is InChI=1S/C19H24N4O2/c1-13-11-15(21-23(13)19(2,3)4)18(25)20-12-17(24)22-10-9-14-7-5-6-8-16(14)22/h5-8,11H,9-10,12H2,1-4H3,(H,20,25). The molecule has 6 heteroatoms. The van der Waals surface area contributed by atoms with Gasteiger partial charge in [0.05, 0.1) is 12.1 Å². The molecule has 1 aliphatic heterocycles. The molecule has 0 fully saturated rings. The highest BCUT2D eigenvalue weighted by Crippen LogP contribution is 2.27. The van der Waals surface area contributed by atoms with Gasteiger partial charge in [-0.3, -0.25) is 14.3 Å². The molecule has 3 rings (SSSR count). The van der Waals surface area contributed by atoms with E-state index < -0.39 is 0 Å². The lowest BCUT2D eigenvalue weighted by Gasteiger charge is -2.21. The number of amides is 2. The van der Waals surface area contributed by atoms with Crippen molar-refractivity contribution in [3.63, 3.8) is 0 Å². The minimum absolute atomic E-state index is 0.0331. The predicted octanol–water partition coefficient (Wildman–Crippen LogP) is 2.27. The van der Waals surface area contributed by atoms with Gasteiger partial charge in [0, 0.05) is 17.9 Å². The highest BCUT2D eigenvalue weighted by molar-refractivity contribution is 6.00. The minimum Gasteiger partial charge on any atom is -0.342 e. The number of nitrogens with zero attached hydrogens (tertiary/aromatic N) is 3. The fourth-order valence-corrected chi connectivity index (χ4v) is 3.20. The predicted molar refractivity (Wildman–Crippen MR) is 96.8 cm³/mol. The van der Waals surface area contributed by atoms with E-state index in [0.717, 1.165) is 17.8 Å². The number of fused-ring (bicyclic) bond motifs is 1. The van der Waals surface area contributed by atoms with Crippen LogP contribution in [-0.4, -0.2) is 34.7 Å². The van der Waals surface area contributed by atoms with E-state index in [2.05, 4.69) is 10.4 Å². The van der Waals surface area contributed by atoms with Crippen molar-refractivity contribution in [2.24, 2.45) is 0 Å². The lowest BCUT2D eigenvalue weighted by Crippen LogP contribution is -2.39. The Hall–Kier alpha value is -2.63. The van der Waals surface area contributed by atoms with E-state index in [-0.39, 0.29) is 23.9 Å². The van der Waals surface area contributed by atoms with Crippen LogP contribution in [0.4, 0.5) is 5.69 Å². The van der Waals surface area contributed by atoms with Gasteiger partial charge in [0.15, 0.2) is 0 Å². The maximum absolute atomic E-state index is 12.5. The molecule has 1 aromatic carbocycles. The number of rotatable bonds is 3. The molecule has 0 saturated heterocycles. The quantitative estimate of drug-likeness (QED) is 0.932. The first-order valence-electron chi connectivity index (χ1n) is 8.51. The number of anilines is 1. The van der Waals surface area contributed by atoms with E-state index in [4.69, 9.17) is 0 Å². The molecule has 1 aromatic heterocycles. The van der Waals surface area contributed by atoms with Crippen LogP contribution in [0.15, 0.2) is 30.3 Å². The van der Waals surface area contributed by atoms with Crippen LogP contribution in [0.2, 0.25) is 0 Å². The third-order valence-corrected chi connectivity index (χ3v) is 4.34. The summed E-state index contributed by atoms with van der Waals surface area (Å²) in [7, 11) is 0. The van der Waals surface area contributed by atoms with Crippen molar-refractivity contribution in [3.05, 3.63) is 47.3 Å². The van der Waals surface area contributed by atoms with E-state index in [9.17, 15) is 9.59 Å². The zero-order chi connectivity index (χ0) is 18.2.